The summed E-state index contributed by atoms with van der Waals surface area (Å²) in [6, 6.07) is 18.6. The van der Waals surface area contributed by atoms with Gasteiger partial charge in [0.15, 0.2) is 5.84 Å². The molecule has 0 radical (unpaired) electrons. The van der Waals surface area contributed by atoms with Crippen LogP contribution in [0.2, 0.25) is 0 Å². The van der Waals surface area contributed by atoms with E-state index in [1.165, 1.54) is 11.1 Å². The number of hydrogen-bond acceptors (Lipinski definition) is 3. The minimum atomic E-state index is 0.122. The number of fused-ring (bicyclic) bond motifs is 2. The molecule has 2 aliphatic heterocycles. The second-order valence-corrected chi connectivity index (χ2v) is 5.89. The number of para-hydroxylation sites is 1. The SMILES string of the molecule is ClC1=NC2=Nc3ccccc3C(Cc3ccccc3)C2=NC=C1. The van der Waals surface area contributed by atoms with Gasteiger partial charge in [0.05, 0.1) is 11.4 Å². The summed E-state index contributed by atoms with van der Waals surface area (Å²) >= 11 is 6.08. The van der Waals surface area contributed by atoms with Crippen LogP contribution in [0.3, 0.4) is 0 Å². The van der Waals surface area contributed by atoms with Crippen LogP contribution in [0.25, 0.3) is 0 Å². The van der Waals surface area contributed by atoms with Crippen molar-refractivity contribution in [2.45, 2.75) is 12.3 Å². The largest absolute Gasteiger partial charge is 0.257 e. The van der Waals surface area contributed by atoms with E-state index in [0.29, 0.717) is 11.0 Å². The van der Waals surface area contributed by atoms with Gasteiger partial charge in [-0.05, 0) is 29.7 Å². The second-order valence-electron chi connectivity index (χ2n) is 5.50. The summed E-state index contributed by atoms with van der Waals surface area (Å²) in [4.78, 5) is 13.6. The number of rotatable bonds is 2. The Bertz CT molecular complexity index is 863. The van der Waals surface area contributed by atoms with Crippen LogP contribution in [0.4, 0.5) is 5.69 Å². The van der Waals surface area contributed by atoms with Gasteiger partial charge < -0.3 is 0 Å². The monoisotopic (exact) mass is 319 g/mol. The lowest BCUT2D eigenvalue weighted by Crippen LogP contribution is -2.26. The molecule has 1 atom stereocenters. The maximum Gasteiger partial charge on any atom is 0.176 e. The molecule has 4 heteroatoms. The molecule has 0 bridgehead atoms. The predicted octanol–water partition coefficient (Wildman–Crippen LogP) is 4.66. The van der Waals surface area contributed by atoms with Gasteiger partial charge in [-0.2, -0.15) is 0 Å². The fourth-order valence-corrected chi connectivity index (χ4v) is 3.10. The van der Waals surface area contributed by atoms with E-state index < -0.39 is 0 Å². The zero-order valence-corrected chi connectivity index (χ0v) is 13.1. The first kappa shape index (κ1) is 14.1. The second kappa shape index (κ2) is 5.94. The van der Waals surface area contributed by atoms with Crippen LogP contribution in [0.5, 0.6) is 0 Å². The maximum absolute atomic E-state index is 6.08. The average molecular weight is 320 g/mol. The van der Waals surface area contributed by atoms with E-state index in [1.807, 2.05) is 24.3 Å². The van der Waals surface area contributed by atoms with E-state index in [0.717, 1.165) is 17.8 Å². The van der Waals surface area contributed by atoms with Crippen LogP contribution < -0.4 is 0 Å². The molecule has 0 spiro atoms. The topological polar surface area (TPSA) is 37.1 Å². The first-order chi connectivity index (χ1) is 11.3. The standard InChI is InChI=1S/C19H14ClN3/c20-17-10-11-21-18-15(12-13-6-2-1-3-7-13)14-8-4-5-9-16(14)22-19(18)23-17/h1-11,15H,12H2. The van der Waals surface area contributed by atoms with E-state index in [9.17, 15) is 0 Å². The molecule has 3 nitrogen and oxygen atoms in total. The Hall–Kier alpha value is -2.52. The van der Waals surface area contributed by atoms with Gasteiger partial charge in [0.2, 0.25) is 0 Å². The summed E-state index contributed by atoms with van der Waals surface area (Å²) in [6.07, 6.45) is 4.26. The van der Waals surface area contributed by atoms with Crippen molar-refractivity contribution in [1.29, 1.82) is 0 Å². The number of amidine groups is 1. The normalized spacial score (nSPS) is 19.0. The summed E-state index contributed by atoms with van der Waals surface area (Å²) < 4.78 is 0. The molecule has 0 amide bonds. The number of allylic oxidation sites excluding steroid dienone is 1. The van der Waals surface area contributed by atoms with Gasteiger partial charge in [0.1, 0.15) is 5.17 Å². The average Bonchev–Trinajstić information content (AvgIpc) is 2.76. The van der Waals surface area contributed by atoms with Crippen LogP contribution in [0, 0.1) is 0 Å². The molecule has 23 heavy (non-hydrogen) atoms. The summed E-state index contributed by atoms with van der Waals surface area (Å²) in [7, 11) is 0. The van der Waals surface area contributed by atoms with Gasteiger partial charge in [-0.3, -0.25) is 4.99 Å². The van der Waals surface area contributed by atoms with Crippen molar-refractivity contribution in [3.63, 3.8) is 0 Å². The Labute approximate surface area is 139 Å². The molecule has 0 fully saturated rings. The zero-order valence-electron chi connectivity index (χ0n) is 12.4. The zero-order chi connectivity index (χ0) is 15.6. The van der Waals surface area contributed by atoms with Crippen molar-refractivity contribution in [3.8, 4) is 0 Å². The summed E-state index contributed by atoms with van der Waals surface area (Å²) in [5.74, 6) is 0.733. The molecule has 0 aromatic heterocycles. The van der Waals surface area contributed by atoms with Gasteiger partial charge in [0, 0.05) is 12.1 Å². The Morgan fingerprint density at radius 2 is 1.70 bits per heavy atom. The molecule has 0 saturated carbocycles. The molecule has 2 aromatic rings. The van der Waals surface area contributed by atoms with E-state index in [4.69, 9.17) is 11.6 Å². The number of halogens is 1. The van der Waals surface area contributed by atoms with Crippen LogP contribution in [-0.4, -0.2) is 16.7 Å². The highest BCUT2D eigenvalue weighted by Crippen LogP contribution is 2.36. The number of aliphatic imine (C=N–C) groups is 3. The Morgan fingerprint density at radius 1 is 0.913 bits per heavy atom. The molecule has 4 rings (SSSR count). The predicted molar refractivity (Wildman–Crippen MR) is 96.3 cm³/mol. The Morgan fingerprint density at radius 3 is 2.57 bits per heavy atom. The van der Waals surface area contributed by atoms with Crippen molar-refractivity contribution >= 4 is 34.0 Å². The van der Waals surface area contributed by atoms with Gasteiger partial charge in [-0.1, -0.05) is 60.1 Å². The Kier molecular flexibility index (Phi) is 3.64. The lowest BCUT2D eigenvalue weighted by Gasteiger charge is -2.24. The van der Waals surface area contributed by atoms with Crippen molar-refractivity contribution in [3.05, 3.63) is 78.0 Å². The van der Waals surface area contributed by atoms with Crippen LogP contribution in [0.1, 0.15) is 17.0 Å². The highest BCUT2D eigenvalue weighted by atomic mass is 35.5. The lowest BCUT2D eigenvalue weighted by molar-refractivity contribution is 0.876. The molecule has 0 N–H and O–H groups in total. The molecule has 0 saturated heterocycles. The van der Waals surface area contributed by atoms with Crippen molar-refractivity contribution in [2.75, 3.05) is 0 Å². The molecule has 2 aromatic carbocycles. The van der Waals surface area contributed by atoms with E-state index in [2.05, 4.69) is 45.3 Å². The summed E-state index contributed by atoms with van der Waals surface area (Å²) in [6.45, 7) is 0. The summed E-state index contributed by atoms with van der Waals surface area (Å²) in [5.41, 5.74) is 4.26. The number of benzene rings is 2. The van der Waals surface area contributed by atoms with E-state index in [1.54, 1.807) is 12.3 Å². The molecule has 112 valence electrons. The van der Waals surface area contributed by atoms with Crippen LogP contribution in [-0.2, 0) is 6.42 Å². The summed E-state index contributed by atoms with van der Waals surface area (Å²) in [5, 5.41) is 0.403. The smallest absolute Gasteiger partial charge is 0.176 e. The third-order valence-electron chi connectivity index (χ3n) is 4.02. The molecular weight excluding hydrogens is 306 g/mol. The first-order valence-electron chi connectivity index (χ1n) is 7.51. The number of hydrogen-bond donors (Lipinski definition) is 0. The fourth-order valence-electron chi connectivity index (χ4n) is 2.96. The van der Waals surface area contributed by atoms with Gasteiger partial charge in [-0.15, -0.1) is 0 Å². The molecule has 2 heterocycles. The fraction of sp³-hybridized carbons (Fsp3) is 0.105. The first-order valence-corrected chi connectivity index (χ1v) is 7.89. The van der Waals surface area contributed by atoms with Gasteiger partial charge in [0.25, 0.3) is 0 Å². The maximum atomic E-state index is 6.08. The highest BCUT2D eigenvalue weighted by molar-refractivity contribution is 6.70. The third-order valence-corrected chi connectivity index (χ3v) is 4.23. The van der Waals surface area contributed by atoms with Crippen molar-refractivity contribution in [1.82, 2.24) is 0 Å². The molecule has 1 unspecified atom stereocenters. The molecule has 2 aliphatic rings. The highest BCUT2D eigenvalue weighted by Gasteiger charge is 2.30. The van der Waals surface area contributed by atoms with E-state index in [-0.39, 0.29) is 5.92 Å². The van der Waals surface area contributed by atoms with Crippen molar-refractivity contribution in [2.24, 2.45) is 15.0 Å². The molecular formula is C19H14ClN3. The Balaban J connectivity index is 1.84. The third kappa shape index (κ3) is 2.76. The van der Waals surface area contributed by atoms with Crippen LogP contribution in [0.15, 0.2) is 81.9 Å². The van der Waals surface area contributed by atoms with E-state index >= 15 is 0 Å². The number of nitrogens with zero attached hydrogens (tertiary/aromatic N) is 3. The van der Waals surface area contributed by atoms with Gasteiger partial charge in [-0.25, -0.2) is 9.98 Å². The van der Waals surface area contributed by atoms with Crippen molar-refractivity contribution < 1.29 is 0 Å². The van der Waals surface area contributed by atoms with Gasteiger partial charge >= 0.3 is 0 Å². The molecule has 0 aliphatic carbocycles. The minimum absolute atomic E-state index is 0.122. The lowest BCUT2D eigenvalue weighted by atomic mass is 9.84. The van der Waals surface area contributed by atoms with Crippen LogP contribution >= 0.6 is 11.6 Å². The minimum Gasteiger partial charge on any atom is -0.257 e. The quantitative estimate of drug-likeness (QED) is 0.772.